The Balaban J connectivity index is 1.21. The number of likely N-dealkylation sites (N-methyl/N-ethyl adjacent to an activating group) is 2. The second-order valence-electron chi connectivity index (χ2n) is 9.15. The van der Waals surface area contributed by atoms with Gasteiger partial charge in [-0.2, -0.15) is 0 Å². The predicted octanol–water partition coefficient (Wildman–Crippen LogP) is 2.94. The van der Waals surface area contributed by atoms with Gasteiger partial charge in [0.25, 0.3) is 0 Å². The zero-order chi connectivity index (χ0) is 24.4. The zero-order valence-electron chi connectivity index (χ0n) is 20.4. The average Bonchev–Trinajstić information content (AvgIpc) is 2.88. The molecule has 1 saturated heterocycles. The second-order valence-corrected chi connectivity index (χ2v) is 9.15. The topological polar surface area (TPSA) is 89.0 Å². The molecular formula is C26H31N5O4. The summed E-state index contributed by atoms with van der Waals surface area (Å²) in [6.07, 6.45) is 3.39. The number of nitrogens with zero attached hydrogens (tertiary/aromatic N) is 4. The van der Waals surface area contributed by atoms with Crippen LogP contribution in [0.25, 0.3) is 11.0 Å². The Morgan fingerprint density at radius 2 is 2.00 bits per heavy atom. The molecule has 3 aromatic rings. The van der Waals surface area contributed by atoms with Crippen LogP contribution in [-0.4, -0.2) is 78.7 Å². The first-order valence-electron chi connectivity index (χ1n) is 11.9. The Bertz CT molecular complexity index is 1220. The lowest BCUT2D eigenvalue weighted by molar-refractivity contribution is -0.122. The number of benzene rings is 1. The smallest absolute Gasteiger partial charge is 0.241 e. The molecule has 5 rings (SSSR count). The van der Waals surface area contributed by atoms with Gasteiger partial charge in [0.1, 0.15) is 18.7 Å². The molecule has 0 spiro atoms. The molecule has 0 bridgehead atoms. The van der Waals surface area contributed by atoms with Crippen molar-refractivity contribution in [3.8, 4) is 17.4 Å². The summed E-state index contributed by atoms with van der Waals surface area (Å²) >= 11 is 0. The second kappa shape index (κ2) is 10.1. The molecular weight excluding hydrogens is 446 g/mol. The Morgan fingerprint density at radius 3 is 2.80 bits per heavy atom. The molecule has 1 unspecified atom stereocenters. The molecule has 2 atom stereocenters. The molecule has 2 aliphatic heterocycles. The molecule has 1 amide bonds. The number of rotatable bonds is 6. The summed E-state index contributed by atoms with van der Waals surface area (Å²) in [5.74, 6) is 2.08. The summed E-state index contributed by atoms with van der Waals surface area (Å²) in [5, 5.41) is 3.07. The van der Waals surface area contributed by atoms with E-state index in [0.717, 1.165) is 37.4 Å². The van der Waals surface area contributed by atoms with Gasteiger partial charge in [0.2, 0.25) is 11.8 Å². The first kappa shape index (κ1) is 23.3. The van der Waals surface area contributed by atoms with Crippen molar-refractivity contribution in [1.82, 2.24) is 19.8 Å². The van der Waals surface area contributed by atoms with Gasteiger partial charge in [-0.25, -0.2) is 4.98 Å². The number of nitrogens with one attached hydrogen (secondary N) is 1. The highest BCUT2D eigenvalue weighted by molar-refractivity contribution is 6.01. The van der Waals surface area contributed by atoms with Crippen molar-refractivity contribution in [2.24, 2.45) is 0 Å². The number of amides is 1. The third-order valence-electron chi connectivity index (χ3n) is 6.79. The number of piperidine rings is 1. The van der Waals surface area contributed by atoms with Crippen molar-refractivity contribution in [2.75, 3.05) is 46.3 Å². The van der Waals surface area contributed by atoms with Crippen molar-refractivity contribution >= 4 is 22.6 Å². The van der Waals surface area contributed by atoms with E-state index in [4.69, 9.17) is 14.2 Å². The van der Waals surface area contributed by atoms with Gasteiger partial charge in [0, 0.05) is 31.4 Å². The number of fused-ring (bicyclic) bond motifs is 2. The van der Waals surface area contributed by atoms with Gasteiger partial charge in [-0.05, 0) is 56.8 Å². The van der Waals surface area contributed by atoms with Gasteiger partial charge >= 0.3 is 0 Å². The number of anilines is 1. The zero-order valence-corrected chi connectivity index (χ0v) is 20.4. The monoisotopic (exact) mass is 477 g/mol. The molecule has 1 N–H and O–H groups in total. The quantitative estimate of drug-likeness (QED) is 0.580. The molecule has 9 heteroatoms. The Hall–Kier alpha value is -3.43. The van der Waals surface area contributed by atoms with Crippen LogP contribution in [-0.2, 0) is 11.3 Å². The van der Waals surface area contributed by atoms with E-state index < -0.39 is 0 Å². The van der Waals surface area contributed by atoms with Crippen LogP contribution in [0.4, 0.5) is 5.69 Å². The van der Waals surface area contributed by atoms with Crippen LogP contribution < -0.4 is 19.5 Å². The Morgan fingerprint density at radius 1 is 1.17 bits per heavy atom. The van der Waals surface area contributed by atoms with Crippen LogP contribution in [0.3, 0.4) is 0 Å². The van der Waals surface area contributed by atoms with Crippen LogP contribution in [0.5, 0.6) is 17.4 Å². The molecule has 9 nitrogen and oxygen atoms in total. The fourth-order valence-corrected chi connectivity index (χ4v) is 4.85. The summed E-state index contributed by atoms with van der Waals surface area (Å²) in [5.41, 5.74) is 3.16. The summed E-state index contributed by atoms with van der Waals surface area (Å²) in [4.78, 5) is 26.5. The lowest BCUT2D eigenvalue weighted by Crippen LogP contribution is -2.53. The van der Waals surface area contributed by atoms with Gasteiger partial charge in [-0.3, -0.25) is 19.6 Å². The molecule has 4 heterocycles. The molecule has 0 saturated carbocycles. The normalized spacial score (nSPS) is 20.1. The summed E-state index contributed by atoms with van der Waals surface area (Å²) in [6.45, 7) is 2.80. The fraction of sp³-hybridized carbons (Fsp3) is 0.423. The van der Waals surface area contributed by atoms with Crippen molar-refractivity contribution < 1.29 is 19.0 Å². The molecule has 0 radical (unpaired) electrons. The molecule has 184 valence electrons. The van der Waals surface area contributed by atoms with Crippen molar-refractivity contribution in [1.29, 1.82) is 0 Å². The van der Waals surface area contributed by atoms with Crippen LogP contribution >= 0.6 is 0 Å². The number of ether oxygens (including phenoxy) is 3. The number of carbonyl (C=O) groups is 1. The van der Waals surface area contributed by atoms with Crippen LogP contribution in [0.2, 0.25) is 0 Å². The highest BCUT2D eigenvalue weighted by Crippen LogP contribution is 2.32. The van der Waals surface area contributed by atoms with Crippen LogP contribution in [0.1, 0.15) is 18.4 Å². The summed E-state index contributed by atoms with van der Waals surface area (Å²) in [7, 11) is 5.72. The minimum Gasteiger partial charge on any atom is -0.486 e. The number of methoxy groups -OCH3 is 1. The first-order valence-corrected chi connectivity index (χ1v) is 11.9. The van der Waals surface area contributed by atoms with Gasteiger partial charge in [-0.15, -0.1) is 0 Å². The maximum Gasteiger partial charge on any atom is 0.241 e. The van der Waals surface area contributed by atoms with Gasteiger partial charge in [-0.1, -0.05) is 6.07 Å². The number of aromatic nitrogens is 2. The Kier molecular flexibility index (Phi) is 6.70. The van der Waals surface area contributed by atoms with E-state index >= 15 is 0 Å². The molecule has 2 aliphatic rings. The minimum atomic E-state index is -0.206. The highest BCUT2D eigenvalue weighted by atomic mass is 16.6. The van der Waals surface area contributed by atoms with Crippen LogP contribution in [0, 0.1) is 0 Å². The maximum absolute atomic E-state index is 13.2. The first-order chi connectivity index (χ1) is 17.0. The van der Waals surface area contributed by atoms with Crippen molar-refractivity contribution in [3.05, 3.63) is 48.2 Å². The number of pyridine rings is 2. The maximum atomic E-state index is 13.2. The largest absolute Gasteiger partial charge is 0.486 e. The van der Waals surface area contributed by atoms with Gasteiger partial charge in [0.05, 0.1) is 24.4 Å². The third kappa shape index (κ3) is 5.01. The van der Waals surface area contributed by atoms with E-state index in [-0.39, 0.29) is 11.9 Å². The average molecular weight is 478 g/mol. The third-order valence-corrected chi connectivity index (χ3v) is 6.79. The SMILES string of the molecule is COc1ccc2nccc(NC(=O)[C@@H]3CCC(N(C)Cc4ccc5c(c4)OCCO5)CN3C)c2n1. The van der Waals surface area contributed by atoms with E-state index in [0.29, 0.717) is 41.9 Å². The number of hydrogen-bond acceptors (Lipinski definition) is 8. The van der Waals surface area contributed by atoms with Crippen molar-refractivity contribution in [3.63, 3.8) is 0 Å². The fourth-order valence-electron chi connectivity index (χ4n) is 4.85. The lowest BCUT2D eigenvalue weighted by Gasteiger charge is -2.40. The summed E-state index contributed by atoms with van der Waals surface area (Å²) < 4.78 is 16.6. The van der Waals surface area contributed by atoms with E-state index in [1.807, 2.05) is 19.2 Å². The van der Waals surface area contributed by atoms with Crippen molar-refractivity contribution in [2.45, 2.75) is 31.5 Å². The standard InChI is InChI=1S/C26H31N5O4/c1-30(15-17-4-8-22-23(14-17)35-13-12-34-22)18-5-7-21(31(2)16-18)26(32)28-20-10-11-27-19-6-9-24(33-3)29-25(19)20/h4,6,8-11,14,18,21H,5,7,12-13,15-16H2,1-3H3,(H,27,28,32)/t18?,21-/m0/s1. The molecule has 1 aromatic carbocycles. The van der Waals surface area contributed by atoms with Gasteiger partial charge in [0.15, 0.2) is 11.5 Å². The van der Waals surface area contributed by atoms with Gasteiger partial charge < -0.3 is 19.5 Å². The van der Waals surface area contributed by atoms with E-state index in [9.17, 15) is 4.79 Å². The van der Waals surface area contributed by atoms with Crippen LogP contribution in [0.15, 0.2) is 42.6 Å². The highest BCUT2D eigenvalue weighted by Gasteiger charge is 2.32. The molecule has 1 fully saturated rings. The number of hydrogen-bond donors (Lipinski definition) is 1. The Labute approximate surface area is 205 Å². The number of carbonyl (C=O) groups excluding carboxylic acids is 1. The molecule has 35 heavy (non-hydrogen) atoms. The lowest BCUT2D eigenvalue weighted by atomic mass is 9.96. The summed E-state index contributed by atoms with van der Waals surface area (Å²) in [6, 6.07) is 11.7. The molecule has 2 aromatic heterocycles. The van der Waals surface area contributed by atoms with E-state index in [1.165, 1.54) is 5.56 Å². The molecule has 0 aliphatic carbocycles. The number of likely N-dealkylation sites (tertiary alicyclic amines) is 1. The minimum absolute atomic E-state index is 0.0300. The van der Waals surface area contributed by atoms with E-state index in [2.05, 4.69) is 44.3 Å². The van der Waals surface area contributed by atoms with E-state index in [1.54, 1.807) is 25.4 Å². The predicted molar refractivity (Wildman–Crippen MR) is 133 cm³/mol.